The van der Waals surface area contributed by atoms with Gasteiger partial charge in [0.2, 0.25) is 0 Å². The molecule has 0 aromatic heterocycles. The second-order valence-electron chi connectivity index (χ2n) is 4.41. The maximum absolute atomic E-state index is 10.7. The number of methoxy groups -OCH3 is 1. The van der Waals surface area contributed by atoms with E-state index in [0.29, 0.717) is 32.0 Å². The first-order valence-corrected chi connectivity index (χ1v) is 6.45. The Morgan fingerprint density at radius 3 is 2.32 bits per heavy atom. The summed E-state index contributed by atoms with van der Waals surface area (Å²) in [7, 11) is 1.65. The Kier molecular flexibility index (Phi) is 7.15. The third kappa shape index (κ3) is 5.41. The van der Waals surface area contributed by atoms with Gasteiger partial charge >= 0.3 is 0 Å². The minimum absolute atomic E-state index is 0.606. The molecule has 0 bridgehead atoms. The molecule has 0 N–H and O–H groups in total. The SMILES string of the molecule is COCCOCCCOc1c(C)cc(C=O)cc1C. The molecule has 4 nitrogen and oxygen atoms in total. The fourth-order valence-electron chi connectivity index (χ4n) is 1.86. The lowest BCUT2D eigenvalue weighted by atomic mass is 10.1. The molecule has 0 saturated carbocycles. The Balaban J connectivity index is 2.35. The Morgan fingerprint density at radius 2 is 1.74 bits per heavy atom. The average molecular weight is 266 g/mol. The van der Waals surface area contributed by atoms with Crippen LogP contribution in [0.25, 0.3) is 0 Å². The smallest absolute Gasteiger partial charge is 0.150 e. The van der Waals surface area contributed by atoms with Gasteiger partial charge in [-0.05, 0) is 37.1 Å². The quantitative estimate of drug-likeness (QED) is 0.509. The van der Waals surface area contributed by atoms with Gasteiger partial charge in [-0.15, -0.1) is 0 Å². The standard InChI is InChI=1S/C15H22O4/c1-12-9-14(11-16)10-13(2)15(12)19-6-4-5-18-8-7-17-3/h9-11H,4-8H2,1-3H3. The van der Waals surface area contributed by atoms with Gasteiger partial charge in [0.05, 0.1) is 19.8 Å². The number of ether oxygens (including phenoxy) is 3. The summed E-state index contributed by atoms with van der Waals surface area (Å²) < 4.78 is 16.0. The van der Waals surface area contributed by atoms with E-state index in [0.717, 1.165) is 29.6 Å². The lowest BCUT2D eigenvalue weighted by Gasteiger charge is -2.12. The number of aryl methyl sites for hydroxylation is 2. The molecule has 0 aliphatic rings. The summed E-state index contributed by atoms with van der Waals surface area (Å²) >= 11 is 0. The normalized spacial score (nSPS) is 10.5. The highest BCUT2D eigenvalue weighted by atomic mass is 16.5. The molecule has 0 radical (unpaired) electrons. The van der Waals surface area contributed by atoms with E-state index in [2.05, 4.69) is 0 Å². The zero-order chi connectivity index (χ0) is 14.1. The molecule has 19 heavy (non-hydrogen) atoms. The molecule has 0 aliphatic carbocycles. The van der Waals surface area contributed by atoms with Crippen LogP contribution in [0.5, 0.6) is 5.75 Å². The van der Waals surface area contributed by atoms with Gasteiger partial charge in [-0.25, -0.2) is 0 Å². The third-order valence-electron chi connectivity index (χ3n) is 2.73. The summed E-state index contributed by atoms with van der Waals surface area (Å²) in [5.74, 6) is 0.863. The topological polar surface area (TPSA) is 44.8 Å². The maximum atomic E-state index is 10.7. The number of rotatable bonds is 9. The van der Waals surface area contributed by atoms with Gasteiger partial charge < -0.3 is 14.2 Å². The van der Waals surface area contributed by atoms with E-state index in [1.165, 1.54) is 0 Å². The Bertz CT molecular complexity index is 378. The van der Waals surface area contributed by atoms with Gasteiger partial charge in [-0.3, -0.25) is 4.79 Å². The molecule has 0 aliphatic heterocycles. The molecule has 0 heterocycles. The van der Waals surface area contributed by atoms with E-state index in [-0.39, 0.29) is 0 Å². The van der Waals surface area contributed by atoms with E-state index in [1.807, 2.05) is 26.0 Å². The van der Waals surface area contributed by atoms with Gasteiger partial charge in [0.15, 0.2) is 0 Å². The molecular formula is C15H22O4. The first kappa shape index (κ1) is 15.7. The first-order valence-electron chi connectivity index (χ1n) is 6.45. The molecule has 4 heteroatoms. The second kappa shape index (κ2) is 8.67. The zero-order valence-electron chi connectivity index (χ0n) is 11.9. The summed E-state index contributed by atoms with van der Waals surface area (Å²) in [4.78, 5) is 10.7. The molecule has 0 spiro atoms. The van der Waals surface area contributed by atoms with Crippen LogP contribution >= 0.6 is 0 Å². The van der Waals surface area contributed by atoms with Crippen molar-refractivity contribution in [2.75, 3.05) is 33.5 Å². The van der Waals surface area contributed by atoms with Gasteiger partial charge in [-0.1, -0.05) is 0 Å². The monoisotopic (exact) mass is 266 g/mol. The lowest BCUT2D eigenvalue weighted by Crippen LogP contribution is -2.07. The molecular weight excluding hydrogens is 244 g/mol. The molecule has 0 unspecified atom stereocenters. The van der Waals surface area contributed by atoms with Crippen LogP contribution in [-0.2, 0) is 9.47 Å². The Morgan fingerprint density at radius 1 is 1.05 bits per heavy atom. The second-order valence-corrected chi connectivity index (χ2v) is 4.41. The molecule has 1 aromatic carbocycles. The summed E-state index contributed by atoms with van der Waals surface area (Å²) in [6, 6.07) is 3.68. The van der Waals surface area contributed by atoms with Crippen molar-refractivity contribution in [2.24, 2.45) is 0 Å². The van der Waals surface area contributed by atoms with Crippen LogP contribution < -0.4 is 4.74 Å². The molecule has 1 rings (SSSR count). The molecule has 0 atom stereocenters. The van der Waals surface area contributed by atoms with Crippen molar-refractivity contribution in [3.8, 4) is 5.75 Å². The predicted molar refractivity (Wildman–Crippen MR) is 74.1 cm³/mol. The van der Waals surface area contributed by atoms with E-state index < -0.39 is 0 Å². The van der Waals surface area contributed by atoms with Crippen molar-refractivity contribution in [3.63, 3.8) is 0 Å². The average Bonchev–Trinajstić information content (AvgIpc) is 2.40. The van der Waals surface area contributed by atoms with Gasteiger partial charge in [0.1, 0.15) is 12.0 Å². The highest BCUT2D eigenvalue weighted by Gasteiger charge is 2.06. The van der Waals surface area contributed by atoms with Crippen molar-refractivity contribution in [3.05, 3.63) is 28.8 Å². The Hall–Kier alpha value is -1.39. The highest BCUT2D eigenvalue weighted by molar-refractivity contribution is 5.76. The van der Waals surface area contributed by atoms with E-state index in [4.69, 9.17) is 14.2 Å². The van der Waals surface area contributed by atoms with Crippen molar-refractivity contribution >= 4 is 6.29 Å². The van der Waals surface area contributed by atoms with Gasteiger partial charge in [0.25, 0.3) is 0 Å². The number of hydrogen-bond donors (Lipinski definition) is 0. The van der Waals surface area contributed by atoms with E-state index in [9.17, 15) is 4.79 Å². The third-order valence-corrected chi connectivity index (χ3v) is 2.73. The van der Waals surface area contributed by atoms with Crippen molar-refractivity contribution in [2.45, 2.75) is 20.3 Å². The first-order chi connectivity index (χ1) is 9.19. The number of carbonyl (C=O) groups excluding carboxylic acids is 1. The minimum Gasteiger partial charge on any atom is -0.493 e. The van der Waals surface area contributed by atoms with Gasteiger partial charge in [0, 0.05) is 25.7 Å². The summed E-state index contributed by atoms with van der Waals surface area (Å²) in [5.41, 5.74) is 2.66. The number of aldehydes is 1. The lowest BCUT2D eigenvalue weighted by molar-refractivity contribution is 0.0643. The van der Waals surface area contributed by atoms with Crippen molar-refractivity contribution in [1.29, 1.82) is 0 Å². The van der Waals surface area contributed by atoms with E-state index in [1.54, 1.807) is 7.11 Å². The molecule has 0 amide bonds. The highest BCUT2D eigenvalue weighted by Crippen LogP contribution is 2.24. The van der Waals surface area contributed by atoms with Crippen LogP contribution in [0.2, 0.25) is 0 Å². The number of benzene rings is 1. The van der Waals surface area contributed by atoms with Crippen LogP contribution in [0, 0.1) is 13.8 Å². The molecule has 0 saturated heterocycles. The van der Waals surface area contributed by atoms with E-state index >= 15 is 0 Å². The zero-order valence-corrected chi connectivity index (χ0v) is 11.9. The predicted octanol–water partition coefficient (Wildman–Crippen LogP) is 2.55. The Labute approximate surface area is 114 Å². The largest absolute Gasteiger partial charge is 0.493 e. The number of carbonyl (C=O) groups is 1. The van der Waals surface area contributed by atoms with Crippen LogP contribution in [-0.4, -0.2) is 39.8 Å². The summed E-state index contributed by atoms with van der Waals surface area (Å²) in [6.45, 7) is 6.40. The van der Waals surface area contributed by atoms with Gasteiger partial charge in [-0.2, -0.15) is 0 Å². The van der Waals surface area contributed by atoms with Crippen LogP contribution in [0.1, 0.15) is 27.9 Å². The fourth-order valence-corrected chi connectivity index (χ4v) is 1.86. The van der Waals surface area contributed by atoms with Crippen molar-refractivity contribution in [1.82, 2.24) is 0 Å². The van der Waals surface area contributed by atoms with Crippen molar-refractivity contribution < 1.29 is 19.0 Å². The van der Waals surface area contributed by atoms with Crippen LogP contribution in [0.15, 0.2) is 12.1 Å². The minimum atomic E-state index is 0.606. The molecule has 106 valence electrons. The molecule has 0 fully saturated rings. The molecule has 1 aromatic rings. The fraction of sp³-hybridized carbons (Fsp3) is 0.533. The summed E-state index contributed by atoms with van der Waals surface area (Å²) in [5, 5.41) is 0. The number of hydrogen-bond acceptors (Lipinski definition) is 4. The summed E-state index contributed by atoms with van der Waals surface area (Å²) in [6.07, 6.45) is 1.69. The van der Waals surface area contributed by atoms with Crippen LogP contribution in [0.3, 0.4) is 0 Å². The maximum Gasteiger partial charge on any atom is 0.150 e. The van der Waals surface area contributed by atoms with Crippen LogP contribution in [0.4, 0.5) is 0 Å².